The third-order valence-electron chi connectivity index (χ3n) is 4.93. The standard InChI is InChI=1S/C22H24N2O2/c1-2-3-16-26-20-12-10-18(11-13-20)21(25)24-15-7-14-22(24,17-23)19-8-5-4-6-9-19/h4-6,8-13H,2-3,7,14-16H2,1H3/t22-/m1/s1. The molecule has 1 aliphatic heterocycles. The van der Waals surface area contributed by atoms with Crippen LogP contribution in [0.4, 0.5) is 0 Å². The molecule has 0 aliphatic carbocycles. The van der Waals surface area contributed by atoms with E-state index in [1.165, 1.54) is 0 Å². The van der Waals surface area contributed by atoms with E-state index in [1.807, 2.05) is 42.5 Å². The number of likely N-dealkylation sites (tertiary alicyclic amines) is 1. The van der Waals surface area contributed by atoms with Crippen molar-refractivity contribution < 1.29 is 9.53 Å². The summed E-state index contributed by atoms with van der Waals surface area (Å²) in [5, 5.41) is 9.94. The molecule has 0 bridgehead atoms. The lowest BCUT2D eigenvalue weighted by molar-refractivity contribution is 0.0670. The van der Waals surface area contributed by atoms with Crippen molar-refractivity contribution in [3.8, 4) is 11.8 Å². The maximum atomic E-state index is 13.1. The van der Waals surface area contributed by atoms with Crippen LogP contribution in [0.2, 0.25) is 0 Å². The number of carbonyl (C=O) groups excluding carboxylic acids is 1. The Labute approximate surface area is 155 Å². The van der Waals surface area contributed by atoms with Crippen LogP contribution in [0.1, 0.15) is 48.5 Å². The number of nitriles is 1. The number of hydrogen-bond acceptors (Lipinski definition) is 3. The molecule has 4 heteroatoms. The van der Waals surface area contributed by atoms with E-state index in [0.29, 0.717) is 25.1 Å². The topological polar surface area (TPSA) is 53.3 Å². The van der Waals surface area contributed by atoms with E-state index in [2.05, 4.69) is 13.0 Å². The molecule has 2 aromatic carbocycles. The van der Waals surface area contributed by atoms with Crippen molar-refractivity contribution in [2.45, 2.75) is 38.1 Å². The summed E-state index contributed by atoms with van der Waals surface area (Å²) in [6.45, 7) is 3.40. The molecule has 1 atom stereocenters. The minimum atomic E-state index is -0.880. The van der Waals surface area contributed by atoms with Gasteiger partial charge in [0.1, 0.15) is 5.75 Å². The first kappa shape index (κ1) is 18.0. The molecular weight excluding hydrogens is 324 g/mol. The maximum Gasteiger partial charge on any atom is 0.255 e. The monoisotopic (exact) mass is 348 g/mol. The molecule has 26 heavy (non-hydrogen) atoms. The highest BCUT2D eigenvalue weighted by molar-refractivity contribution is 5.95. The smallest absolute Gasteiger partial charge is 0.255 e. The number of rotatable bonds is 6. The van der Waals surface area contributed by atoms with Gasteiger partial charge in [-0.15, -0.1) is 0 Å². The highest BCUT2D eigenvalue weighted by Gasteiger charge is 2.45. The number of ether oxygens (including phenoxy) is 1. The fourth-order valence-electron chi connectivity index (χ4n) is 3.47. The molecule has 0 aromatic heterocycles. The molecule has 0 saturated carbocycles. The van der Waals surface area contributed by atoms with Gasteiger partial charge in [-0.25, -0.2) is 0 Å². The molecule has 1 saturated heterocycles. The number of unbranched alkanes of at least 4 members (excludes halogenated alkanes) is 1. The second-order valence-electron chi connectivity index (χ2n) is 6.62. The summed E-state index contributed by atoms with van der Waals surface area (Å²) < 4.78 is 5.66. The molecule has 0 radical (unpaired) electrons. The number of nitrogens with zero attached hydrogens (tertiary/aromatic N) is 2. The van der Waals surface area contributed by atoms with E-state index in [0.717, 1.165) is 30.6 Å². The van der Waals surface area contributed by atoms with E-state index in [4.69, 9.17) is 4.74 Å². The SMILES string of the molecule is CCCCOc1ccc(C(=O)N2CCC[C@@]2(C#N)c2ccccc2)cc1. The third kappa shape index (κ3) is 3.43. The van der Waals surface area contributed by atoms with Gasteiger partial charge < -0.3 is 9.64 Å². The van der Waals surface area contributed by atoms with E-state index >= 15 is 0 Å². The van der Waals surface area contributed by atoms with E-state index in [9.17, 15) is 10.1 Å². The third-order valence-corrected chi connectivity index (χ3v) is 4.93. The van der Waals surface area contributed by atoms with Gasteiger partial charge in [0.15, 0.2) is 5.54 Å². The lowest BCUT2D eigenvalue weighted by Crippen LogP contribution is -2.44. The normalized spacial score (nSPS) is 19.2. The molecule has 2 aromatic rings. The molecule has 4 nitrogen and oxygen atoms in total. The maximum absolute atomic E-state index is 13.1. The number of hydrogen-bond donors (Lipinski definition) is 0. The van der Waals surface area contributed by atoms with Crippen LogP contribution in [0.5, 0.6) is 5.75 Å². The molecule has 0 N–H and O–H groups in total. The van der Waals surface area contributed by atoms with Gasteiger partial charge in [0.25, 0.3) is 5.91 Å². The summed E-state index contributed by atoms with van der Waals surface area (Å²) in [5.41, 5.74) is 0.590. The van der Waals surface area contributed by atoms with Gasteiger partial charge in [0.05, 0.1) is 12.7 Å². The average molecular weight is 348 g/mol. The molecule has 1 fully saturated rings. The predicted molar refractivity (Wildman–Crippen MR) is 101 cm³/mol. The Morgan fingerprint density at radius 3 is 2.58 bits per heavy atom. The lowest BCUT2D eigenvalue weighted by atomic mass is 9.88. The van der Waals surface area contributed by atoms with Crippen LogP contribution in [0.15, 0.2) is 54.6 Å². The molecule has 3 rings (SSSR count). The van der Waals surface area contributed by atoms with Crippen LogP contribution in [-0.4, -0.2) is 24.0 Å². The molecular formula is C22H24N2O2. The fourth-order valence-corrected chi connectivity index (χ4v) is 3.47. The van der Waals surface area contributed by atoms with Crippen molar-refractivity contribution in [2.75, 3.05) is 13.2 Å². The van der Waals surface area contributed by atoms with Gasteiger partial charge in [-0.1, -0.05) is 43.7 Å². The highest BCUT2D eigenvalue weighted by Crippen LogP contribution is 2.39. The second kappa shape index (κ2) is 8.05. The largest absolute Gasteiger partial charge is 0.494 e. The lowest BCUT2D eigenvalue weighted by Gasteiger charge is -2.33. The number of carbonyl (C=O) groups is 1. The molecule has 134 valence electrons. The molecule has 1 heterocycles. The van der Waals surface area contributed by atoms with Crippen LogP contribution < -0.4 is 4.74 Å². The van der Waals surface area contributed by atoms with Gasteiger partial charge in [-0.2, -0.15) is 5.26 Å². The van der Waals surface area contributed by atoms with Crippen LogP contribution in [0.25, 0.3) is 0 Å². The van der Waals surface area contributed by atoms with Gasteiger partial charge in [0.2, 0.25) is 0 Å². The Hall–Kier alpha value is -2.80. The molecule has 1 amide bonds. The highest BCUT2D eigenvalue weighted by atomic mass is 16.5. The molecule has 0 unspecified atom stereocenters. The Morgan fingerprint density at radius 2 is 1.92 bits per heavy atom. The van der Waals surface area contributed by atoms with E-state index in [1.54, 1.807) is 17.0 Å². The van der Waals surface area contributed by atoms with Gasteiger partial charge in [-0.3, -0.25) is 4.79 Å². The zero-order valence-electron chi connectivity index (χ0n) is 15.1. The van der Waals surface area contributed by atoms with Crippen LogP contribution in [0, 0.1) is 11.3 Å². The molecule has 1 aliphatic rings. The molecule has 0 spiro atoms. The number of amides is 1. The van der Waals surface area contributed by atoms with Crippen LogP contribution >= 0.6 is 0 Å². The zero-order valence-corrected chi connectivity index (χ0v) is 15.1. The van der Waals surface area contributed by atoms with Crippen molar-refractivity contribution in [1.82, 2.24) is 4.90 Å². The summed E-state index contributed by atoms with van der Waals surface area (Å²) in [6.07, 6.45) is 3.58. The number of benzene rings is 2. The fraction of sp³-hybridized carbons (Fsp3) is 0.364. The van der Waals surface area contributed by atoms with Crippen LogP contribution in [-0.2, 0) is 5.54 Å². The Balaban J connectivity index is 1.81. The van der Waals surface area contributed by atoms with Crippen molar-refractivity contribution in [3.05, 3.63) is 65.7 Å². The van der Waals surface area contributed by atoms with E-state index in [-0.39, 0.29) is 5.91 Å². The first-order chi connectivity index (χ1) is 12.7. The van der Waals surface area contributed by atoms with Gasteiger partial charge in [0, 0.05) is 12.1 Å². The minimum absolute atomic E-state index is 0.104. The summed E-state index contributed by atoms with van der Waals surface area (Å²) in [7, 11) is 0. The minimum Gasteiger partial charge on any atom is -0.494 e. The van der Waals surface area contributed by atoms with E-state index < -0.39 is 5.54 Å². The predicted octanol–water partition coefficient (Wildman–Crippen LogP) is 4.52. The Kier molecular flexibility index (Phi) is 5.58. The zero-order chi connectivity index (χ0) is 18.4. The van der Waals surface area contributed by atoms with Crippen molar-refractivity contribution in [3.63, 3.8) is 0 Å². The van der Waals surface area contributed by atoms with Gasteiger partial charge >= 0.3 is 0 Å². The summed E-state index contributed by atoms with van der Waals surface area (Å²) in [6, 6.07) is 19.3. The van der Waals surface area contributed by atoms with Crippen molar-refractivity contribution in [1.29, 1.82) is 5.26 Å². The first-order valence-corrected chi connectivity index (χ1v) is 9.23. The van der Waals surface area contributed by atoms with Crippen molar-refractivity contribution >= 4 is 5.91 Å². The second-order valence-corrected chi connectivity index (χ2v) is 6.62. The van der Waals surface area contributed by atoms with Crippen LogP contribution in [0.3, 0.4) is 0 Å². The summed E-state index contributed by atoms with van der Waals surface area (Å²) in [5.74, 6) is 0.666. The van der Waals surface area contributed by atoms with Gasteiger partial charge in [-0.05, 0) is 49.1 Å². The quantitative estimate of drug-likeness (QED) is 0.721. The first-order valence-electron chi connectivity index (χ1n) is 9.23. The van der Waals surface area contributed by atoms with Crippen molar-refractivity contribution in [2.24, 2.45) is 0 Å². The average Bonchev–Trinajstić information content (AvgIpc) is 3.14. The summed E-state index contributed by atoms with van der Waals surface area (Å²) in [4.78, 5) is 14.8. The Bertz CT molecular complexity index is 780. The summed E-state index contributed by atoms with van der Waals surface area (Å²) >= 11 is 0. The Morgan fingerprint density at radius 1 is 1.19 bits per heavy atom.